The largest absolute Gasteiger partial charge is 0.496 e. The first kappa shape index (κ1) is 11.2. The smallest absolute Gasteiger partial charge is 0.338 e. The molecular weight excluding hydrogens is 222 g/mol. The molecule has 2 aromatic rings. The number of benzene rings is 1. The summed E-state index contributed by atoms with van der Waals surface area (Å²) in [6.45, 7) is 0. The lowest BCUT2D eigenvalue weighted by atomic mass is 10.1. The maximum Gasteiger partial charge on any atom is 0.338 e. The molecule has 0 aliphatic carbocycles. The first-order valence-electron chi connectivity index (χ1n) is 4.92. The average molecular weight is 233 g/mol. The van der Waals surface area contributed by atoms with Crippen molar-refractivity contribution in [3.63, 3.8) is 0 Å². The summed E-state index contributed by atoms with van der Waals surface area (Å²) in [6, 6.07) is 5.21. The first-order chi connectivity index (χ1) is 8.19. The Balaban J connectivity index is 2.90. The third-order valence-electron chi connectivity index (χ3n) is 2.48. The molecule has 0 saturated carbocycles. The van der Waals surface area contributed by atoms with E-state index in [1.165, 1.54) is 20.4 Å². The van der Waals surface area contributed by atoms with E-state index in [-0.39, 0.29) is 5.56 Å². The summed E-state index contributed by atoms with van der Waals surface area (Å²) in [5, 5.41) is 10.2. The first-order valence-corrected chi connectivity index (χ1v) is 4.92. The van der Waals surface area contributed by atoms with Crippen LogP contribution in [0.5, 0.6) is 11.6 Å². The Morgan fingerprint density at radius 1 is 1.29 bits per heavy atom. The molecule has 0 unspecified atom stereocenters. The van der Waals surface area contributed by atoms with Crippen molar-refractivity contribution in [3.8, 4) is 11.6 Å². The van der Waals surface area contributed by atoms with E-state index in [1.807, 2.05) is 0 Å². The van der Waals surface area contributed by atoms with Gasteiger partial charge in [-0.2, -0.15) is 0 Å². The molecule has 5 nitrogen and oxygen atoms in total. The van der Waals surface area contributed by atoms with E-state index in [4.69, 9.17) is 14.6 Å². The van der Waals surface area contributed by atoms with Crippen LogP contribution in [0.2, 0.25) is 0 Å². The van der Waals surface area contributed by atoms with Crippen LogP contribution >= 0.6 is 0 Å². The van der Waals surface area contributed by atoms with Crippen molar-refractivity contribution in [1.29, 1.82) is 0 Å². The Morgan fingerprint density at radius 2 is 2.06 bits per heavy atom. The Bertz CT molecular complexity index is 580. The fraction of sp³-hybridized carbons (Fsp3) is 0.167. The van der Waals surface area contributed by atoms with Gasteiger partial charge in [0.1, 0.15) is 5.75 Å². The van der Waals surface area contributed by atoms with E-state index < -0.39 is 5.97 Å². The highest BCUT2D eigenvalue weighted by Crippen LogP contribution is 2.33. The fourth-order valence-corrected chi connectivity index (χ4v) is 1.74. The molecular formula is C12H11NO4. The van der Waals surface area contributed by atoms with Crippen LogP contribution in [0.25, 0.3) is 10.8 Å². The van der Waals surface area contributed by atoms with Crippen LogP contribution in [-0.2, 0) is 0 Å². The lowest BCUT2D eigenvalue weighted by Gasteiger charge is -2.10. The summed E-state index contributed by atoms with van der Waals surface area (Å²) >= 11 is 0. The van der Waals surface area contributed by atoms with Gasteiger partial charge in [-0.3, -0.25) is 0 Å². The third kappa shape index (κ3) is 1.75. The molecule has 2 rings (SSSR count). The molecule has 1 aromatic carbocycles. The molecule has 0 radical (unpaired) electrons. The zero-order valence-electron chi connectivity index (χ0n) is 9.43. The van der Waals surface area contributed by atoms with Crippen molar-refractivity contribution in [3.05, 3.63) is 30.0 Å². The van der Waals surface area contributed by atoms with Crippen molar-refractivity contribution >= 4 is 16.7 Å². The highest BCUT2D eigenvalue weighted by molar-refractivity contribution is 6.07. The van der Waals surface area contributed by atoms with Crippen molar-refractivity contribution in [1.82, 2.24) is 4.98 Å². The molecule has 1 aromatic heterocycles. The van der Waals surface area contributed by atoms with Gasteiger partial charge >= 0.3 is 5.97 Å². The van der Waals surface area contributed by atoms with Crippen LogP contribution < -0.4 is 9.47 Å². The second kappa shape index (κ2) is 4.29. The van der Waals surface area contributed by atoms with Gasteiger partial charge in [0.2, 0.25) is 5.88 Å². The molecule has 0 fully saturated rings. The monoisotopic (exact) mass is 233 g/mol. The Morgan fingerprint density at radius 3 is 2.65 bits per heavy atom. The van der Waals surface area contributed by atoms with Crippen molar-refractivity contribution in [2.45, 2.75) is 0 Å². The number of methoxy groups -OCH3 is 2. The molecule has 1 heterocycles. The summed E-state index contributed by atoms with van der Waals surface area (Å²) in [4.78, 5) is 15.1. The van der Waals surface area contributed by atoms with Crippen LogP contribution in [-0.4, -0.2) is 30.3 Å². The topological polar surface area (TPSA) is 68.7 Å². The maximum absolute atomic E-state index is 11.1. The average Bonchev–Trinajstić information content (AvgIpc) is 2.36. The molecule has 17 heavy (non-hydrogen) atoms. The standard InChI is InChI=1S/C12H11NO4/c1-16-9-5-3-4-7-10(9)8(12(14)15)6-13-11(7)17-2/h3-6H,1-2H3,(H,14,15). The molecule has 0 amide bonds. The molecule has 0 atom stereocenters. The summed E-state index contributed by atoms with van der Waals surface area (Å²) in [7, 11) is 2.98. The number of rotatable bonds is 3. The van der Waals surface area contributed by atoms with Gasteiger partial charge in [-0.05, 0) is 12.1 Å². The predicted octanol–water partition coefficient (Wildman–Crippen LogP) is 1.95. The minimum atomic E-state index is -1.05. The van der Waals surface area contributed by atoms with Crippen LogP contribution in [0.4, 0.5) is 0 Å². The Hall–Kier alpha value is -2.30. The van der Waals surface area contributed by atoms with Gasteiger partial charge in [0, 0.05) is 17.0 Å². The van der Waals surface area contributed by atoms with E-state index in [1.54, 1.807) is 18.2 Å². The van der Waals surface area contributed by atoms with Gasteiger partial charge in [0.05, 0.1) is 19.8 Å². The van der Waals surface area contributed by atoms with Gasteiger partial charge in [0.15, 0.2) is 0 Å². The van der Waals surface area contributed by atoms with Gasteiger partial charge in [0.25, 0.3) is 0 Å². The van der Waals surface area contributed by atoms with Gasteiger partial charge in [-0.25, -0.2) is 9.78 Å². The predicted molar refractivity (Wildman–Crippen MR) is 61.8 cm³/mol. The highest BCUT2D eigenvalue weighted by atomic mass is 16.5. The molecule has 1 N–H and O–H groups in total. The van der Waals surface area contributed by atoms with E-state index in [9.17, 15) is 4.79 Å². The number of nitrogens with zero attached hydrogens (tertiary/aromatic N) is 1. The van der Waals surface area contributed by atoms with Crippen LogP contribution in [0, 0.1) is 0 Å². The lowest BCUT2D eigenvalue weighted by Crippen LogP contribution is -2.02. The summed E-state index contributed by atoms with van der Waals surface area (Å²) in [5.41, 5.74) is 0.0956. The van der Waals surface area contributed by atoms with Gasteiger partial charge < -0.3 is 14.6 Å². The number of hydrogen-bond acceptors (Lipinski definition) is 4. The molecule has 88 valence electrons. The fourth-order valence-electron chi connectivity index (χ4n) is 1.74. The van der Waals surface area contributed by atoms with Gasteiger partial charge in [-0.15, -0.1) is 0 Å². The minimum absolute atomic E-state index is 0.0956. The van der Waals surface area contributed by atoms with Crippen LogP contribution in [0.15, 0.2) is 24.4 Å². The second-order valence-electron chi connectivity index (χ2n) is 3.37. The number of hydrogen-bond donors (Lipinski definition) is 1. The number of aromatic nitrogens is 1. The molecule has 5 heteroatoms. The number of aromatic carboxylic acids is 1. The highest BCUT2D eigenvalue weighted by Gasteiger charge is 2.16. The zero-order chi connectivity index (χ0) is 12.4. The van der Waals surface area contributed by atoms with Crippen molar-refractivity contribution < 1.29 is 19.4 Å². The Labute approximate surface area is 97.6 Å². The number of carboxylic acids is 1. The molecule has 0 saturated heterocycles. The summed E-state index contributed by atoms with van der Waals surface area (Å²) in [5.74, 6) is -0.181. The number of carbonyl (C=O) groups is 1. The molecule has 0 spiro atoms. The lowest BCUT2D eigenvalue weighted by molar-refractivity contribution is 0.0698. The number of ether oxygens (including phenoxy) is 2. The van der Waals surface area contributed by atoms with Crippen molar-refractivity contribution in [2.75, 3.05) is 14.2 Å². The van der Waals surface area contributed by atoms with Gasteiger partial charge in [-0.1, -0.05) is 6.07 Å². The van der Waals surface area contributed by atoms with E-state index in [0.717, 1.165) is 0 Å². The third-order valence-corrected chi connectivity index (χ3v) is 2.48. The number of pyridine rings is 1. The van der Waals surface area contributed by atoms with Crippen LogP contribution in [0.1, 0.15) is 10.4 Å². The molecule has 0 bridgehead atoms. The summed E-state index contributed by atoms with van der Waals surface area (Å²) in [6.07, 6.45) is 1.27. The van der Waals surface area contributed by atoms with Crippen LogP contribution in [0.3, 0.4) is 0 Å². The summed E-state index contributed by atoms with van der Waals surface area (Å²) < 4.78 is 10.3. The van der Waals surface area contributed by atoms with E-state index >= 15 is 0 Å². The second-order valence-corrected chi connectivity index (χ2v) is 3.37. The minimum Gasteiger partial charge on any atom is -0.496 e. The Kier molecular flexibility index (Phi) is 2.82. The van der Waals surface area contributed by atoms with E-state index in [2.05, 4.69) is 4.98 Å². The molecule has 0 aliphatic rings. The quantitative estimate of drug-likeness (QED) is 0.877. The number of fused-ring (bicyclic) bond motifs is 1. The van der Waals surface area contributed by atoms with Crippen molar-refractivity contribution in [2.24, 2.45) is 0 Å². The molecule has 0 aliphatic heterocycles. The number of carboxylic acid groups (broad SMARTS) is 1. The SMILES string of the molecule is COc1ncc(C(=O)O)c2c(OC)cccc12. The van der Waals surface area contributed by atoms with E-state index in [0.29, 0.717) is 22.4 Å². The maximum atomic E-state index is 11.1. The normalized spacial score (nSPS) is 10.2. The zero-order valence-corrected chi connectivity index (χ0v) is 9.43.